The standard InChI is InChI=1S/C14H11Cl2F3N4OS/c1-25(24)12-10(3-2-4-20)22-23(13(12)21)11-8(15)5-7(6-9(11)16)14(17,18)19/h5-6H,2-3,21H2,1H3. The van der Waals surface area contributed by atoms with Crippen LogP contribution in [0.5, 0.6) is 0 Å². The number of aromatic nitrogens is 2. The van der Waals surface area contributed by atoms with Crippen molar-refractivity contribution in [2.45, 2.75) is 23.9 Å². The predicted molar refractivity (Wildman–Crippen MR) is 89.3 cm³/mol. The molecule has 1 aromatic heterocycles. The van der Waals surface area contributed by atoms with Crippen LogP contribution < -0.4 is 5.73 Å². The second-order valence-electron chi connectivity index (χ2n) is 4.97. The van der Waals surface area contributed by atoms with Crippen molar-refractivity contribution in [1.29, 1.82) is 5.26 Å². The highest BCUT2D eigenvalue weighted by Crippen LogP contribution is 2.39. The Kier molecular flexibility index (Phi) is 5.66. The molecule has 134 valence electrons. The van der Waals surface area contributed by atoms with Crippen LogP contribution in [0.1, 0.15) is 17.7 Å². The Morgan fingerprint density at radius 1 is 1.36 bits per heavy atom. The monoisotopic (exact) mass is 410 g/mol. The number of anilines is 1. The Balaban J connectivity index is 2.67. The maximum absolute atomic E-state index is 12.8. The number of nitriles is 1. The normalized spacial score (nSPS) is 12.8. The maximum atomic E-state index is 12.8. The van der Waals surface area contributed by atoms with Gasteiger partial charge in [0.05, 0.1) is 38.2 Å². The Bertz CT molecular complexity index is 866. The number of nitrogens with two attached hydrogens (primary N) is 1. The van der Waals surface area contributed by atoms with Gasteiger partial charge in [-0.3, -0.25) is 4.21 Å². The lowest BCUT2D eigenvalue weighted by atomic mass is 10.2. The Labute approximate surface area is 153 Å². The van der Waals surface area contributed by atoms with Gasteiger partial charge in [0.15, 0.2) is 0 Å². The van der Waals surface area contributed by atoms with E-state index in [0.29, 0.717) is 17.8 Å². The molecule has 2 N–H and O–H groups in total. The number of hydrogen-bond acceptors (Lipinski definition) is 4. The zero-order chi connectivity index (χ0) is 18.9. The third-order valence-corrected chi connectivity index (χ3v) is 4.86. The lowest BCUT2D eigenvalue weighted by Crippen LogP contribution is -2.09. The smallest absolute Gasteiger partial charge is 0.383 e. The van der Waals surface area contributed by atoms with Crippen LogP contribution in [0.25, 0.3) is 5.69 Å². The number of aryl methyl sites for hydroxylation is 1. The van der Waals surface area contributed by atoms with Crippen molar-refractivity contribution in [1.82, 2.24) is 9.78 Å². The quantitative estimate of drug-likeness (QED) is 0.825. The van der Waals surface area contributed by atoms with Crippen molar-refractivity contribution in [2.75, 3.05) is 12.0 Å². The molecule has 0 bridgehead atoms. The molecule has 5 nitrogen and oxygen atoms in total. The molecule has 2 aromatic rings. The Morgan fingerprint density at radius 2 is 1.92 bits per heavy atom. The predicted octanol–water partition coefficient (Wildman–Crippen LogP) is 3.97. The van der Waals surface area contributed by atoms with Gasteiger partial charge >= 0.3 is 6.18 Å². The van der Waals surface area contributed by atoms with Gasteiger partial charge in [-0.05, 0) is 12.1 Å². The van der Waals surface area contributed by atoms with Gasteiger partial charge in [0, 0.05) is 19.1 Å². The highest BCUT2D eigenvalue weighted by atomic mass is 35.5. The van der Waals surface area contributed by atoms with Crippen molar-refractivity contribution >= 4 is 39.8 Å². The molecule has 1 atom stereocenters. The summed E-state index contributed by atoms with van der Waals surface area (Å²) in [5.41, 5.74) is 5.19. The number of nitrogen functional groups attached to an aromatic ring is 1. The molecule has 2 rings (SSSR count). The summed E-state index contributed by atoms with van der Waals surface area (Å²) in [5, 5.41) is 12.2. The molecule has 0 radical (unpaired) electrons. The number of benzene rings is 1. The minimum absolute atomic E-state index is 0.0521. The average Bonchev–Trinajstić information content (AvgIpc) is 2.80. The van der Waals surface area contributed by atoms with E-state index in [9.17, 15) is 17.4 Å². The van der Waals surface area contributed by atoms with E-state index < -0.39 is 22.5 Å². The third-order valence-electron chi connectivity index (χ3n) is 3.26. The molecular formula is C14H11Cl2F3N4OS. The first-order chi connectivity index (χ1) is 11.6. The molecule has 1 aromatic carbocycles. The summed E-state index contributed by atoms with van der Waals surface area (Å²) >= 11 is 11.9. The van der Waals surface area contributed by atoms with Crippen LogP contribution in [0.15, 0.2) is 17.0 Å². The topological polar surface area (TPSA) is 84.7 Å². The highest BCUT2D eigenvalue weighted by molar-refractivity contribution is 7.84. The summed E-state index contributed by atoms with van der Waals surface area (Å²) < 4.78 is 51.5. The van der Waals surface area contributed by atoms with Crippen molar-refractivity contribution in [2.24, 2.45) is 0 Å². The van der Waals surface area contributed by atoms with Crippen molar-refractivity contribution < 1.29 is 17.4 Å². The Morgan fingerprint density at radius 3 is 2.36 bits per heavy atom. The summed E-state index contributed by atoms with van der Waals surface area (Å²) in [7, 11) is -1.52. The number of halogens is 5. The number of alkyl halides is 3. The van der Waals surface area contributed by atoms with Gasteiger partial charge in [-0.1, -0.05) is 23.2 Å². The minimum atomic E-state index is -4.62. The van der Waals surface area contributed by atoms with Crippen molar-refractivity contribution in [3.63, 3.8) is 0 Å². The van der Waals surface area contributed by atoms with Gasteiger partial charge in [0.1, 0.15) is 16.4 Å². The fourth-order valence-electron chi connectivity index (χ4n) is 2.22. The first kappa shape index (κ1) is 19.6. The van der Waals surface area contributed by atoms with E-state index in [1.165, 1.54) is 6.26 Å². The van der Waals surface area contributed by atoms with Gasteiger partial charge in [-0.25, -0.2) is 4.68 Å². The van der Waals surface area contributed by atoms with Gasteiger partial charge in [-0.2, -0.15) is 23.5 Å². The van der Waals surface area contributed by atoms with Crippen LogP contribution in [-0.2, 0) is 23.4 Å². The Hall–Kier alpha value is -1.76. The fraction of sp³-hybridized carbons (Fsp3) is 0.286. The summed E-state index contributed by atoms with van der Waals surface area (Å²) in [5.74, 6) is -0.0580. The van der Waals surface area contributed by atoms with E-state index in [0.717, 1.165) is 4.68 Å². The second-order valence-corrected chi connectivity index (χ2v) is 7.10. The minimum Gasteiger partial charge on any atom is -0.383 e. The van der Waals surface area contributed by atoms with Gasteiger partial charge in [0.2, 0.25) is 0 Å². The molecule has 1 unspecified atom stereocenters. The highest BCUT2D eigenvalue weighted by Gasteiger charge is 2.33. The van der Waals surface area contributed by atoms with E-state index in [-0.39, 0.29) is 39.3 Å². The molecule has 25 heavy (non-hydrogen) atoms. The average molecular weight is 411 g/mol. The summed E-state index contributed by atoms with van der Waals surface area (Å²) in [4.78, 5) is 0.197. The van der Waals surface area contributed by atoms with Crippen molar-refractivity contribution in [3.8, 4) is 11.8 Å². The summed E-state index contributed by atoms with van der Waals surface area (Å²) in [6.07, 6.45) is -2.95. The fourth-order valence-corrected chi connectivity index (χ4v) is 3.72. The first-order valence-electron chi connectivity index (χ1n) is 6.72. The van der Waals surface area contributed by atoms with E-state index in [1.807, 2.05) is 6.07 Å². The van der Waals surface area contributed by atoms with E-state index in [1.54, 1.807) is 0 Å². The zero-order valence-corrected chi connectivity index (χ0v) is 15.0. The number of hydrogen-bond donors (Lipinski definition) is 1. The first-order valence-corrected chi connectivity index (χ1v) is 9.03. The van der Waals surface area contributed by atoms with Crippen LogP contribution in [0.4, 0.5) is 19.0 Å². The largest absolute Gasteiger partial charge is 0.416 e. The number of rotatable bonds is 4. The zero-order valence-electron chi connectivity index (χ0n) is 12.7. The second kappa shape index (κ2) is 7.23. The SMILES string of the molecule is CS(=O)c1c(CCC#N)nn(-c2c(Cl)cc(C(F)(F)F)cc2Cl)c1N. The molecule has 0 aliphatic heterocycles. The molecule has 0 saturated carbocycles. The molecule has 0 spiro atoms. The van der Waals surface area contributed by atoms with E-state index >= 15 is 0 Å². The van der Waals surface area contributed by atoms with Crippen LogP contribution >= 0.6 is 23.2 Å². The molecule has 0 aliphatic carbocycles. The van der Waals surface area contributed by atoms with Crippen molar-refractivity contribution in [3.05, 3.63) is 33.4 Å². The maximum Gasteiger partial charge on any atom is 0.416 e. The molecule has 0 saturated heterocycles. The van der Waals surface area contributed by atoms with Gasteiger partial charge in [0.25, 0.3) is 0 Å². The van der Waals surface area contributed by atoms with Crippen LogP contribution in [0, 0.1) is 11.3 Å². The summed E-state index contributed by atoms with van der Waals surface area (Å²) in [6, 6.07) is 3.35. The molecule has 1 heterocycles. The van der Waals surface area contributed by atoms with E-state index in [4.69, 9.17) is 34.2 Å². The third kappa shape index (κ3) is 3.92. The number of nitrogens with zero attached hydrogens (tertiary/aromatic N) is 3. The molecule has 0 fully saturated rings. The van der Waals surface area contributed by atoms with Gasteiger partial charge < -0.3 is 5.73 Å². The van der Waals surface area contributed by atoms with Crippen LogP contribution in [-0.4, -0.2) is 20.2 Å². The van der Waals surface area contributed by atoms with E-state index in [2.05, 4.69) is 5.10 Å². The molecular weight excluding hydrogens is 400 g/mol. The molecule has 0 amide bonds. The van der Waals surface area contributed by atoms with Gasteiger partial charge in [-0.15, -0.1) is 0 Å². The summed E-state index contributed by atoms with van der Waals surface area (Å²) in [6.45, 7) is 0. The van der Waals surface area contributed by atoms with Crippen LogP contribution in [0.3, 0.4) is 0 Å². The lowest BCUT2D eigenvalue weighted by Gasteiger charge is -2.13. The van der Waals surface area contributed by atoms with Crippen LogP contribution in [0.2, 0.25) is 10.0 Å². The lowest BCUT2D eigenvalue weighted by molar-refractivity contribution is -0.137. The molecule has 11 heteroatoms. The molecule has 0 aliphatic rings.